The van der Waals surface area contributed by atoms with Crippen LogP contribution < -0.4 is 0 Å². The van der Waals surface area contributed by atoms with Crippen molar-refractivity contribution >= 4 is 5.97 Å². The summed E-state index contributed by atoms with van der Waals surface area (Å²) in [5, 5.41) is 0. The fourth-order valence-corrected chi connectivity index (χ4v) is 5.66. The molecule has 354 valence electrons. The molecule has 0 N–H and O–H groups in total. The van der Waals surface area contributed by atoms with E-state index in [0.717, 1.165) is 13.0 Å². The molecule has 0 atom stereocenters. The zero-order valence-electron chi connectivity index (χ0n) is 37.9. The van der Waals surface area contributed by atoms with E-state index in [2.05, 4.69) is 6.92 Å². The molecular formula is C45H90O14. The molecule has 0 aliphatic rings. The third kappa shape index (κ3) is 55.0. The Kier molecular flexibility index (Phi) is 54.1. The standard InChI is InChI=1S/C45H90O14/c1-3-5-6-7-8-9-10-11-12-13-14-15-16-17-18-19-21-47-23-25-49-27-29-51-31-33-53-35-37-55-39-41-57-43-44-58-42-40-56-38-36-54-34-32-52-30-28-50-26-24-48-22-20-45(46)59-4-2/h3-44H2,1-2H3. The van der Waals surface area contributed by atoms with E-state index in [1.807, 2.05) is 0 Å². The Hall–Kier alpha value is -1.01. The number of carbonyl (C=O) groups excluding carboxylic acids is 1. The normalized spacial score (nSPS) is 11.6. The summed E-state index contributed by atoms with van der Waals surface area (Å²) < 4.78 is 70.9. The number of ether oxygens (including phenoxy) is 13. The van der Waals surface area contributed by atoms with E-state index in [1.54, 1.807) is 6.92 Å². The highest BCUT2D eigenvalue weighted by Crippen LogP contribution is 2.13. The quantitative estimate of drug-likeness (QED) is 0.0444. The van der Waals surface area contributed by atoms with Crippen molar-refractivity contribution in [1.82, 2.24) is 0 Å². The fourth-order valence-electron chi connectivity index (χ4n) is 5.66. The number of unbranched alkanes of at least 4 members (excludes halogenated alkanes) is 15. The van der Waals surface area contributed by atoms with E-state index in [-0.39, 0.29) is 12.4 Å². The first-order valence-corrected chi connectivity index (χ1v) is 23.4. The first kappa shape index (κ1) is 58.0. The average molecular weight is 855 g/mol. The summed E-state index contributed by atoms with van der Waals surface area (Å²) >= 11 is 0. The molecule has 0 unspecified atom stereocenters. The van der Waals surface area contributed by atoms with Crippen molar-refractivity contribution < 1.29 is 66.4 Å². The highest BCUT2D eigenvalue weighted by Gasteiger charge is 2.01. The van der Waals surface area contributed by atoms with Gasteiger partial charge < -0.3 is 61.6 Å². The summed E-state index contributed by atoms with van der Waals surface area (Å²) in [7, 11) is 0. The first-order valence-electron chi connectivity index (χ1n) is 23.4. The highest BCUT2D eigenvalue weighted by atomic mass is 16.6. The lowest BCUT2D eigenvalue weighted by Gasteiger charge is -2.09. The molecule has 14 nitrogen and oxygen atoms in total. The zero-order chi connectivity index (χ0) is 42.5. The van der Waals surface area contributed by atoms with Gasteiger partial charge >= 0.3 is 5.97 Å². The predicted octanol–water partition coefficient (Wildman–Crippen LogP) is 7.40. The Labute approximate surface area is 359 Å². The molecule has 0 fully saturated rings. The van der Waals surface area contributed by atoms with Crippen LogP contribution in [0.15, 0.2) is 0 Å². The molecule has 59 heavy (non-hydrogen) atoms. The molecule has 0 radical (unpaired) electrons. The summed E-state index contributed by atoms with van der Waals surface area (Å²) in [6.07, 6.45) is 22.4. The van der Waals surface area contributed by atoms with Gasteiger partial charge in [-0.05, 0) is 13.3 Å². The molecule has 0 rings (SSSR count). The molecule has 0 aromatic heterocycles. The van der Waals surface area contributed by atoms with Crippen LogP contribution in [0.3, 0.4) is 0 Å². The van der Waals surface area contributed by atoms with Crippen molar-refractivity contribution in [2.45, 2.75) is 123 Å². The summed E-state index contributed by atoms with van der Waals surface area (Å²) in [5.74, 6) is -0.249. The van der Waals surface area contributed by atoms with E-state index in [0.29, 0.717) is 159 Å². The third-order valence-corrected chi connectivity index (χ3v) is 8.99. The van der Waals surface area contributed by atoms with Crippen LogP contribution in [0.25, 0.3) is 0 Å². The molecule has 14 heteroatoms. The van der Waals surface area contributed by atoms with Gasteiger partial charge in [0.15, 0.2) is 0 Å². The average Bonchev–Trinajstić information content (AvgIpc) is 3.24. The molecule has 0 aliphatic carbocycles. The van der Waals surface area contributed by atoms with E-state index in [1.165, 1.54) is 96.3 Å². The van der Waals surface area contributed by atoms with Crippen LogP contribution in [0.5, 0.6) is 0 Å². The third-order valence-electron chi connectivity index (χ3n) is 8.99. The number of rotatable bonds is 54. The van der Waals surface area contributed by atoms with Crippen LogP contribution in [0, 0.1) is 0 Å². The van der Waals surface area contributed by atoms with Gasteiger partial charge in [0.1, 0.15) is 0 Å². The maximum atomic E-state index is 11.2. The Morgan fingerprint density at radius 2 is 0.458 bits per heavy atom. The second-order valence-electron chi connectivity index (χ2n) is 14.2. The number of esters is 1. The van der Waals surface area contributed by atoms with Crippen LogP contribution in [-0.2, 0) is 66.4 Å². The number of hydrogen-bond donors (Lipinski definition) is 0. The van der Waals surface area contributed by atoms with E-state index in [9.17, 15) is 4.79 Å². The monoisotopic (exact) mass is 855 g/mol. The second kappa shape index (κ2) is 55.0. The SMILES string of the molecule is CCCCCCCCCCCCCCCCCCOCCOCCOCCOCCOCCOCCOCCOCCOCCOCCOCCOCCC(=O)OCC. The van der Waals surface area contributed by atoms with Crippen molar-refractivity contribution in [2.75, 3.05) is 165 Å². The molecule has 0 amide bonds. The first-order chi connectivity index (χ1) is 29.3. The molecule has 0 heterocycles. The van der Waals surface area contributed by atoms with Gasteiger partial charge in [-0.3, -0.25) is 4.79 Å². The minimum Gasteiger partial charge on any atom is -0.466 e. The molecule has 0 saturated heterocycles. The van der Waals surface area contributed by atoms with Gasteiger partial charge in [-0.25, -0.2) is 0 Å². The molecular weight excluding hydrogens is 764 g/mol. The van der Waals surface area contributed by atoms with Gasteiger partial charge in [0.25, 0.3) is 0 Å². The number of carbonyl (C=O) groups is 1. The molecule has 0 spiro atoms. The zero-order valence-corrected chi connectivity index (χ0v) is 37.9. The lowest BCUT2D eigenvalue weighted by Crippen LogP contribution is -2.15. The van der Waals surface area contributed by atoms with E-state index >= 15 is 0 Å². The Morgan fingerprint density at radius 1 is 0.254 bits per heavy atom. The summed E-state index contributed by atoms with van der Waals surface area (Å²) in [6, 6.07) is 0. The summed E-state index contributed by atoms with van der Waals surface area (Å²) in [5.41, 5.74) is 0. The van der Waals surface area contributed by atoms with Crippen molar-refractivity contribution in [3.8, 4) is 0 Å². The van der Waals surface area contributed by atoms with Gasteiger partial charge in [-0.2, -0.15) is 0 Å². The predicted molar refractivity (Wildman–Crippen MR) is 231 cm³/mol. The largest absolute Gasteiger partial charge is 0.466 e. The van der Waals surface area contributed by atoms with Gasteiger partial charge in [-0.1, -0.05) is 103 Å². The highest BCUT2D eigenvalue weighted by molar-refractivity contribution is 5.69. The van der Waals surface area contributed by atoms with Crippen molar-refractivity contribution in [3.63, 3.8) is 0 Å². The Bertz CT molecular complexity index is 766. The lowest BCUT2D eigenvalue weighted by atomic mass is 10.0. The van der Waals surface area contributed by atoms with Gasteiger partial charge in [-0.15, -0.1) is 0 Å². The van der Waals surface area contributed by atoms with Crippen LogP contribution in [0.1, 0.15) is 123 Å². The Morgan fingerprint density at radius 3 is 0.695 bits per heavy atom. The molecule has 0 aromatic rings. The molecule has 0 aromatic carbocycles. The van der Waals surface area contributed by atoms with Crippen molar-refractivity contribution in [3.05, 3.63) is 0 Å². The minimum atomic E-state index is -0.249. The Balaban J connectivity index is 3.07. The molecule has 0 bridgehead atoms. The van der Waals surface area contributed by atoms with E-state index < -0.39 is 0 Å². The maximum absolute atomic E-state index is 11.2. The molecule has 0 saturated carbocycles. The van der Waals surface area contributed by atoms with Crippen LogP contribution in [0.4, 0.5) is 0 Å². The van der Waals surface area contributed by atoms with Crippen molar-refractivity contribution in [1.29, 1.82) is 0 Å². The number of hydrogen-bond acceptors (Lipinski definition) is 14. The fraction of sp³-hybridized carbons (Fsp3) is 0.978. The lowest BCUT2D eigenvalue weighted by molar-refractivity contribution is -0.144. The minimum absolute atomic E-state index is 0.249. The van der Waals surface area contributed by atoms with Crippen LogP contribution in [0.2, 0.25) is 0 Å². The topological polar surface area (TPSA) is 137 Å². The smallest absolute Gasteiger partial charge is 0.308 e. The van der Waals surface area contributed by atoms with Gasteiger partial charge in [0.05, 0.1) is 165 Å². The van der Waals surface area contributed by atoms with E-state index in [4.69, 9.17) is 61.6 Å². The summed E-state index contributed by atoms with van der Waals surface area (Å²) in [6.45, 7) is 17.0. The van der Waals surface area contributed by atoms with Crippen molar-refractivity contribution in [2.24, 2.45) is 0 Å². The second-order valence-corrected chi connectivity index (χ2v) is 14.2. The molecule has 0 aliphatic heterocycles. The van der Waals surface area contributed by atoms with Crippen LogP contribution in [-0.4, -0.2) is 171 Å². The van der Waals surface area contributed by atoms with Gasteiger partial charge in [0.2, 0.25) is 0 Å². The van der Waals surface area contributed by atoms with Crippen LogP contribution >= 0.6 is 0 Å². The van der Waals surface area contributed by atoms with Gasteiger partial charge in [0, 0.05) is 6.61 Å². The maximum Gasteiger partial charge on any atom is 0.308 e. The summed E-state index contributed by atoms with van der Waals surface area (Å²) in [4.78, 5) is 11.2.